The summed E-state index contributed by atoms with van der Waals surface area (Å²) in [4.78, 5) is 23.6. The Morgan fingerprint density at radius 3 is 2.58 bits per heavy atom. The van der Waals surface area contributed by atoms with E-state index in [9.17, 15) is 22.8 Å². The number of halogens is 3. The molecule has 2 atom stereocenters. The predicted molar refractivity (Wildman–Crippen MR) is 81.9 cm³/mol. The number of primary amides is 1. The van der Waals surface area contributed by atoms with Crippen molar-refractivity contribution in [1.82, 2.24) is 0 Å². The topological polar surface area (TPSA) is 69.4 Å². The summed E-state index contributed by atoms with van der Waals surface area (Å²) in [7, 11) is 1.38. The van der Waals surface area contributed by atoms with Crippen LogP contribution in [-0.2, 0) is 4.74 Å². The van der Waals surface area contributed by atoms with Crippen molar-refractivity contribution in [3.05, 3.63) is 34.9 Å². The molecule has 2 unspecified atom stereocenters. The Kier molecular flexibility index (Phi) is 5.64. The molecule has 1 fully saturated rings. The van der Waals surface area contributed by atoms with E-state index in [0.717, 1.165) is 0 Å². The van der Waals surface area contributed by atoms with Crippen molar-refractivity contribution in [1.29, 1.82) is 0 Å². The fraction of sp³-hybridized carbons (Fsp3) is 0.529. The lowest BCUT2D eigenvalue weighted by molar-refractivity contribution is -0.183. The molecule has 24 heavy (non-hydrogen) atoms. The summed E-state index contributed by atoms with van der Waals surface area (Å²) >= 11 is 0. The van der Waals surface area contributed by atoms with Crippen LogP contribution < -0.4 is 5.73 Å². The van der Waals surface area contributed by atoms with Crippen molar-refractivity contribution < 1.29 is 27.5 Å². The molecule has 1 aromatic carbocycles. The standard InChI is InChI=1S/C17H20F3NO3/c1-24-9-15(22)11-5-6-13(16(21)23)14(8-11)10-3-2-4-12(7-10)17(18,19)20/h5-6,8,10,12H,2-4,7,9H2,1H3,(H2,21,23). The van der Waals surface area contributed by atoms with Gasteiger partial charge in [-0.3, -0.25) is 9.59 Å². The number of carbonyl (C=O) groups is 2. The van der Waals surface area contributed by atoms with E-state index in [4.69, 9.17) is 10.5 Å². The van der Waals surface area contributed by atoms with E-state index in [2.05, 4.69) is 0 Å². The van der Waals surface area contributed by atoms with Gasteiger partial charge >= 0.3 is 6.18 Å². The summed E-state index contributed by atoms with van der Waals surface area (Å²) in [6.07, 6.45) is -3.30. The van der Waals surface area contributed by atoms with Crippen LogP contribution >= 0.6 is 0 Å². The number of nitrogens with two attached hydrogens (primary N) is 1. The number of alkyl halides is 3. The van der Waals surface area contributed by atoms with Crippen LogP contribution in [0.3, 0.4) is 0 Å². The maximum Gasteiger partial charge on any atom is 0.391 e. The molecule has 0 saturated heterocycles. The molecule has 2 rings (SSSR count). The van der Waals surface area contributed by atoms with Gasteiger partial charge in [-0.1, -0.05) is 12.5 Å². The maximum atomic E-state index is 13.0. The van der Waals surface area contributed by atoms with Crippen molar-refractivity contribution >= 4 is 11.7 Å². The van der Waals surface area contributed by atoms with Crippen LogP contribution in [0, 0.1) is 5.92 Å². The highest BCUT2D eigenvalue weighted by Gasteiger charge is 2.42. The first-order chi connectivity index (χ1) is 11.2. The Bertz CT molecular complexity index is 628. The highest BCUT2D eigenvalue weighted by Crippen LogP contribution is 2.44. The van der Waals surface area contributed by atoms with Gasteiger partial charge in [0, 0.05) is 18.2 Å². The Labute approximate surface area is 138 Å². The van der Waals surface area contributed by atoms with Gasteiger partial charge in [0.25, 0.3) is 0 Å². The molecule has 1 aliphatic rings. The zero-order valence-electron chi connectivity index (χ0n) is 13.4. The van der Waals surface area contributed by atoms with E-state index in [-0.39, 0.29) is 30.8 Å². The van der Waals surface area contributed by atoms with Gasteiger partial charge in [-0.15, -0.1) is 0 Å². The quantitative estimate of drug-likeness (QED) is 0.833. The molecule has 1 saturated carbocycles. The predicted octanol–water partition coefficient (Wildman–Crippen LogP) is 3.45. The van der Waals surface area contributed by atoms with Gasteiger partial charge in [-0.25, -0.2) is 0 Å². The summed E-state index contributed by atoms with van der Waals surface area (Å²) in [6, 6.07) is 4.36. The highest BCUT2D eigenvalue weighted by atomic mass is 19.4. The van der Waals surface area contributed by atoms with Crippen molar-refractivity contribution in [2.24, 2.45) is 11.7 Å². The largest absolute Gasteiger partial charge is 0.391 e. The smallest absolute Gasteiger partial charge is 0.377 e. The van der Waals surface area contributed by atoms with Crippen molar-refractivity contribution in [2.75, 3.05) is 13.7 Å². The molecule has 0 aromatic heterocycles. The van der Waals surface area contributed by atoms with Crippen molar-refractivity contribution in [3.63, 3.8) is 0 Å². The number of amides is 1. The first-order valence-corrected chi connectivity index (χ1v) is 7.76. The number of carbonyl (C=O) groups excluding carboxylic acids is 2. The number of methoxy groups -OCH3 is 1. The number of ether oxygens (including phenoxy) is 1. The zero-order valence-corrected chi connectivity index (χ0v) is 13.4. The van der Waals surface area contributed by atoms with E-state index in [1.54, 1.807) is 0 Å². The Morgan fingerprint density at radius 1 is 1.29 bits per heavy atom. The first-order valence-electron chi connectivity index (χ1n) is 7.76. The summed E-state index contributed by atoms with van der Waals surface area (Å²) in [5.74, 6) is -2.83. The molecule has 0 heterocycles. The second kappa shape index (κ2) is 7.34. The summed E-state index contributed by atoms with van der Waals surface area (Å²) in [5.41, 5.74) is 6.27. The average Bonchev–Trinajstić information content (AvgIpc) is 2.53. The summed E-state index contributed by atoms with van der Waals surface area (Å²) < 4.78 is 43.9. The Morgan fingerprint density at radius 2 is 2.00 bits per heavy atom. The number of Topliss-reactive ketones (excluding diaryl/α,β-unsaturated/α-hetero) is 1. The third kappa shape index (κ3) is 4.14. The monoisotopic (exact) mass is 343 g/mol. The van der Waals surface area contributed by atoms with Gasteiger partial charge in [0.2, 0.25) is 5.91 Å². The molecule has 0 spiro atoms. The average molecular weight is 343 g/mol. The van der Waals surface area contributed by atoms with Gasteiger partial charge in [-0.05, 0) is 42.9 Å². The molecule has 4 nitrogen and oxygen atoms in total. The number of ketones is 1. The Hall–Kier alpha value is -1.89. The normalized spacial score (nSPS) is 21.5. The number of hydrogen-bond donors (Lipinski definition) is 1. The summed E-state index contributed by atoms with van der Waals surface area (Å²) in [5, 5.41) is 0. The van der Waals surface area contributed by atoms with E-state index < -0.39 is 23.9 Å². The Balaban J connectivity index is 2.37. The van der Waals surface area contributed by atoms with Crippen molar-refractivity contribution in [3.8, 4) is 0 Å². The fourth-order valence-electron chi connectivity index (χ4n) is 3.28. The maximum absolute atomic E-state index is 13.0. The van der Waals surface area contributed by atoms with Gasteiger partial charge in [-0.2, -0.15) is 13.2 Å². The lowest BCUT2D eigenvalue weighted by Gasteiger charge is -2.31. The minimum Gasteiger partial charge on any atom is -0.377 e. The van der Waals surface area contributed by atoms with Gasteiger partial charge in [0.15, 0.2) is 5.78 Å². The van der Waals surface area contributed by atoms with Crippen LogP contribution in [0.2, 0.25) is 0 Å². The molecule has 2 N–H and O–H groups in total. The molecule has 0 aliphatic heterocycles. The van der Waals surface area contributed by atoms with E-state index in [0.29, 0.717) is 24.0 Å². The minimum absolute atomic E-state index is 0.0915. The molecule has 0 radical (unpaired) electrons. The molecular weight excluding hydrogens is 323 g/mol. The molecular formula is C17H20F3NO3. The van der Waals surface area contributed by atoms with Crippen molar-refractivity contribution in [2.45, 2.75) is 37.8 Å². The lowest BCUT2D eigenvalue weighted by Crippen LogP contribution is -2.29. The second-order valence-electron chi connectivity index (χ2n) is 6.12. The summed E-state index contributed by atoms with van der Waals surface area (Å²) in [6.45, 7) is -0.134. The molecule has 0 bridgehead atoms. The molecule has 1 aliphatic carbocycles. The van der Waals surface area contributed by atoms with Gasteiger partial charge in [0.1, 0.15) is 6.61 Å². The molecule has 1 amide bonds. The van der Waals surface area contributed by atoms with E-state index in [1.807, 2.05) is 0 Å². The van der Waals surface area contributed by atoms with Crippen LogP contribution in [0.5, 0.6) is 0 Å². The van der Waals surface area contributed by atoms with Crippen LogP contribution in [-0.4, -0.2) is 31.6 Å². The van der Waals surface area contributed by atoms with Crippen LogP contribution in [0.1, 0.15) is 57.9 Å². The van der Waals surface area contributed by atoms with Gasteiger partial charge in [0.05, 0.1) is 5.92 Å². The third-order valence-electron chi connectivity index (χ3n) is 4.49. The zero-order chi connectivity index (χ0) is 17.9. The third-order valence-corrected chi connectivity index (χ3v) is 4.49. The van der Waals surface area contributed by atoms with Crippen LogP contribution in [0.15, 0.2) is 18.2 Å². The van der Waals surface area contributed by atoms with E-state index >= 15 is 0 Å². The fourth-order valence-corrected chi connectivity index (χ4v) is 3.28. The number of benzene rings is 1. The number of rotatable bonds is 5. The van der Waals surface area contributed by atoms with E-state index in [1.165, 1.54) is 25.3 Å². The second-order valence-corrected chi connectivity index (χ2v) is 6.12. The molecule has 7 heteroatoms. The first kappa shape index (κ1) is 18.4. The van der Waals surface area contributed by atoms with Gasteiger partial charge < -0.3 is 10.5 Å². The molecule has 132 valence electrons. The lowest BCUT2D eigenvalue weighted by atomic mass is 9.76. The minimum atomic E-state index is -4.25. The highest BCUT2D eigenvalue weighted by molar-refractivity contribution is 6.00. The molecule has 1 aromatic rings. The SMILES string of the molecule is COCC(=O)c1ccc(C(N)=O)c(C2CCCC(C(F)(F)F)C2)c1. The number of hydrogen-bond acceptors (Lipinski definition) is 3. The van der Waals surface area contributed by atoms with Crippen LogP contribution in [0.4, 0.5) is 13.2 Å². The van der Waals surface area contributed by atoms with Crippen LogP contribution in [0.25, 0.3) is 0 Å².